The predicted molar refractivity (Wildman–Crippen MR) is 79.8 cm³/mol. The Morgan fingerprint density at radius 1 is 1.33 bits per heavy atom. The topological polar surface area (TPSA) is 57.6 Å². The van der Waals surface area contributed by atoms with Gasteiger partial charge in [0.05, 0.1) is 5.56 Å². The summed E-state index contributed by atoms with van der Waals surface area (Å²) < 4.78 is 0. The number of aromatic carboxylic acids is 1. The Balaban J connectivity index is 2.00. The van der Waals surface area contributed by atoms with E-state index in [1.807, 2.05) is 11.0 Å². The van der Waals surface area contributed by atoms with Crippen molar-refractivity contribution in [1.29, 1.82) is 0 Å². The molecule has 0 spiro atoms. The highest BCUT2D eigenvalue weighted by atomic mass is 16.4. The number of carboxylic acid groups (broad SMARTS) is 1. The Morgan fingerprint density at radius 2 is 2.14 bits per heavy atom. The van der Waals surface area contributed by atoms with Crippen LogP contribution in [0.4, 0.5) is 0 Å². The van der Waals surface area contributed by atoms with E-state index in [0.29, 0.717) is 37.9 Å². The van der Waals surface area contributed by atoms with Crippen molar-refractivity contribution >= 4 is 11.9 Å². The maximum absolute atomic E-state index is 12.1. The number of amides is 1. The standard InChI is InChI=1S/C17H19NO3/c1-2-3-4-5-9-16(19)18-11-10-14-13(12-18)7-6-8-15(14)17(20)21/h1,6-8H,3-5,9-12H2,(H,20,21). The second kappa shape index (κ2) is 6.94. The van der Waals surface area contributed by atoms with Gasteiger partial charge in [-0.2, -0.15) is 0 Å². The maximum Gasteiger partial charge on any atom is 0.335 e. The number of benzene rings is 1. The molecule has 110 valence electrons. The van der Waals surface area contributed by atoms with Gasteiger partial charge < -0.3 is 10.0 Å². The first-order valence-corrected chi connectivity index (χ1v) is 7.18. The number of fused-ring (bicyclic) bond motifs is 1. The van der Waals surface area contributed by atoms with Crippen LogP contribution in [-0.4, -0.2) is 28.4 Å². The predicted octanol–water partition coefficient (Wildman–Crippen LogP) is 2.46. The number of hydrogen-bond acceptors (Lipinski definition) is 2. The Hall–Kier alpha value is -2.28. The van der Waals surface area contributed by atoms with E-state index in [2.05, 4.69) is 5.92 Å². The molecule has 2 rings (SSSR count). The zero-order valence-electron chi connectivity index (χ0n) is 12.0. The average Bonchev–Trinajstić information content (AvgIpc) is 2.50. The first kappa shape index (κ1) is 15.1. The first-order valence-electron chi connectivity index (χ1n) is 7.18. The molecule has 0 unspecified atom stereocenters. The number of carbonyl (C=O) groups excluding carboxylic acids is 1. The number of rotatable bonds is 5. The maximum atomic E-state index is 12.1. The lowest BCUT2D eigenvalue weighted by molar-refractivity contribution is -0.132. The van der Waals surface area contributed by atoms with Crippen molar-refractivity contribution in [2.24, 2.45) is 0 Å². The lowest BCUT2D eigenvalue weighted by Crippen LogP contribution is -2.36. The number of unbranched alkanes of at least 4 members (excludes halogenated alkanes) is 2. The Morgan fingerprint density at radius 3 is 2.86 bits per heavy atom. The van der Waals surface area contributed by atoms with Gasteiger partial charge in [-0.25, -0.2) is 4.79 Å². The fourth-order valence-electron chi connectivity index (χ4n) is 2.68. The van der Waals surface area contributed by atoms with Crippen LogP contribution in [0.1, 0.15) is 47.2 Å². The van der Waals surface area contributed by atoms with Gasteiger partial charge in [0.2, 0.25) is 5.91 Å². The summed E-state index contributed by atoms with van der Waals surface area (Å²) in [6.45, 7) is 1.09. The van der Waals surface area contributed by atoms with Crippen molar-refractivity contribution in [2.75, 3.05) is 6.54 Å². The lowest BCUT2D eigenvalue weighted by atomic mass is 9.94. The summed E-state index contributed by atoms with van der Waals surface area (Å²) in [6, 6.07) is 5.27. The van der Waals surface area contributed by atoms with Crippen molar-refractivity contribution in [2.45, 2.75) is 38.6 Å². The molecule has 1 aromatic carbocycles. The molecule has 1 heterocycles. The molecule has 4 heteroatoms. The van der Waals surface area contributed by atoms with Crippen LogP contribution in [0.3, 0.4) is 0 Å². The molecule has 0 fully saturated rings. The molecule has 0 aliphatic carbocycles. The summed E-state index contributed by atoms with van der Waals surface area (Å²) in [7, 11) is 0. The molecule has 1 aliphatic heterocycles. The van der Waals surface area contributed by atoms with Gasteiger partial charge in [-0.3, -0.25) is 4.79 Å². The van der Waals surface area contributed by atoms with E-state index in [1.54, 1.807) is 12.1 Å². The van der Waals surface area contributed by atoms with E-state index in [9.17, 15) is 14.7 Å². The molecular weight excluding hydrogens is 266 g/mol. The molecule has 0 atom stereocenters. The lowest BCUT2D eigenvalue weighted by Gasteiger charge is -2.29. The minimum Gasteiger partial charge on any atom is -0.478 e. The molecule has 0 bridgehead atoms. The summed E-state index contributed by atoms with van der Waals surface area (Å²) in [4.78, 5) is 25.2. The van der Waals surface area contributed by atoms with Crippen LogP contribution in [0.15, 0.2) is 18.2 Å². The highest BCUT2D eigenvalue weighted by Crippen LogP contribution is 2.23. The number of carbonyl (C=O) groups is 2. The normalized spacial score (nSPS) is 13.4. The van der Waals surface area contributed by atoms with E-state index >= 15 is 0 Å². The molecule has 4 nitrogen and oxygen atoms in total. The zero-order valence-corrected chi connectivity index (χ0v) is 12.0. The fourth-order valence-corrected chi connectivity index (χ4v) is 2.68. The summed E-state index contributed by atoms with van der Waals surface area (Å²) in [6.07, 6.45) is 8.69. The molecule has 0 saturated heterocycles. The Bertz CT molecular complexity index is 586. The summed E-state index contributed by atoms with van der Waals surface area (Å²) in [5.74, 6) is 1.79. The molecule has 1 aliphatic rings. The molecule has 0 saturated carbocycles. The molecule has 1 amide bonds. The first-order chi connectivity index (χ1) is 10.1. The molecule has 1 N–H and O–H groups in total. The molecule has 0 aromatic heterocycles. The highest BCUT2D eigenvalue weighted by molar-refractivity contribution is 5.90. The SMILES string of the molecule is C#CCCCCC(=O)N1CCc2c(cccc2C(=O)O)C1. The molecular formula is C17H19NO3. The van der Waals surface area contributed by atoms with Gasteiger partial charge in [0.15, 0.2) is 0 Å². The molecule has 21 heavy (non-hydrogen) atoms. The van der Waals surface area contributed by atoms with Crippen LogP contribution in [0.5, 0.6) is 0 Å². The summed E-state index contributed by atoms with van der Waals surface area (Å²) in [5.41, 5.74) is 2.16. The van der Waals surface area contributed by atoms with Gasteiger partial charge in [0, 0.05) is 25.9 Å². The third-order valence-electron chi connectivity index (χ3n) is 3.81. The summed E-state index contributed by atoms with van der Waals surface area (Å²) >= 11 is 0. The van der Waals surface area contributed by atoms with E-state index in [-0.39, 0.29) is 5.91 Å². The zero-order chi connectivity index (χ0) is 15.2. The Labute approximate surface area is 124 Å². The number of carboxylic acids is 1. The van der Waals surface area contributed by atoms with Crippen molar-refractivity contribution in [3.05, 3.63) is 34.9 Å². The van der Waals surface area contributed by atoms with Crippen molar-refractivity contribution in [1.82, 2.24) is 4.90 Å². The molecule has 0 radical (unpaired) electrons. The van der Waals surface area contributed by atoms with Crippen LogP contribution in [0.25, 0.3) is 0 Å². The van der Waals surface area contributed by atoms with Crippen molar-refractivity contribution in [3.8, 4) is 12.3 Å². The number of hydrogen-bond donors (Lipinski definition) is 1. The van der Waals surface area contributed by atoms with Crippen LogP contribution in [-0.2, 0) is 17.8 Å². The minimum atomic E-state index is -0.902. The monoisotopic (exact) mass is 285 g/mol. The van der Waals surface area contributed by atoms with Crippen LogP contribution < -0.4 is 0 Å². The third-order valence-corrected chi connectivity index (χ3v) is 3.81. The van der Waals surface area contributed by atoms with Crippen molar-refractivity contribution in [3.63, 3.8) is 0 Å². The number of nitrogens with zero attached hydrogens (tertiary/aromatic N) is 1. The van der Waals surface area contributed by atoms with Gasteiger partial charge in [-0.15, -0.1) is 12.3 Å². The third kappa shape index (κ3) is 3.63. The van der Waals surface area contributed by atoms with Gasteiger partial charge in [0.1, 0.15) is 0 Å². The second-order valence-corrected chi connectivity index (χ2v) is 5.22. The largest absolute Gasteiger partial charge is 0.478 e. The Kier molecular flexibility index (Phi) is 4.99. The minimum absolute atomic E-state index is 0.124. The van der Waals surface area contributed by atoms with Gasteiger partial charge in [-0.1, -0.05) is 12.1 Å². The summed E-state index contributed by atoms with van der Waals surface area (Å²) in [5, 5.41) is 9.19. The van der Waals surface area contributed by atoms with Gasteiger partial charge in [0.25, 0.3) is 0 Å². The van der Waals surface area contributed by atoms with Crippen LogP contribution >= 0.6 is 0 Å². The van der Waals surface area contributed by atoms with E-state index in [4.69, 9.17) is 6.42 Å². The smallest absolute Gasteiger partial charge is 0.335 e. The average molecular weight is 285 g/mol. The van der Waals surface area contributed by atoms with E-state index < -0.39 is 5.97 Å². The fraction of sp³-hybridized carbons (Fsp3) is 0.412. The highest BCUT2D eigenvalue weighted by Gasteiger charge is 2.23. The van der Waals surface area contributed by atoms with Crippen LogP contribution in [0.2, 0.25) is 0 Å². The van der Waals surface area contributed by atoms with E-state index in [0.717, 1.165) is 24.0 Å². The van der Waals surface area contributed by atoms with E-state index in [1.165, 1.54) is 0 Å². The van der Waals surface area contributed by atoms with Gasteiger partial charge in [-0.05, 0) is 36.5 Å². The number of terminal acetylenes is 1. The van der Waals surface area contributed by atoms with Crippen molar-refractivity contribution < 1.29 is 14.7 Å². The van der Waals surface area contributed by atoms with Crippen LogP contribution in [0, 0.1) is 12.3 Å². The quantitative estimate of drug-likeness (QED) is 0.668. The molecule has 1 aromatic rings. The second-order valence-electron chi connectivity index (χ2n) is 5.22. The van der Waals surface area contributed by atoms with Gasteiger partial charge >= 0.3 is 5.97 Å².